The molecule has 5 heteroatoms. The van der Waals surface area contributed by atoms with E-state index in [1.54, 1.807) is 4.90 Å². The summed E-state index contributed by atoms with van der Waals surface area (Å²) in [5.74, 6) is -1.42. The lowest BCUT2D eigenvalue weighted by molar-refractivity contribution is -0.142. The zero-order chi connectivity index (χ0) is 18.3. The Hall–Kier alpha value is -2.56. The summed E-state index contributed by atoms with van der Waals surface area (Å²) in [5.41, 5.74) is 4.73. The molecule has 0 aliphatic carbocycles. The fourth-order valence-corrected chi connectivity index (χ4v) is 3.77. The van der Waals surface area contributed by atoms with Gasteiger partial charge in [0.1, 0.15) is 0 Å². The van der Waals surface area contributed by atoms with E-state index in [-0.39, 0.29) is 18.4 Å². The number of benzene rings is 1. The molecule has 1 aromatic carbocycles. The van der Waals surface area contributed by atoms with Crippen LogP contribution >= 0.6 is 0 Å². The quantitative estimate of drug-likeness (QED) is 0.933. The number of aliphatic carboxylic acids is 1. The average molecular weight is 340 g/mol. The van der Waals surface area contributed by atoms with E-state index in [1.165, 1.54) is 0 Å². The van der Waals surface area contributed by atoms with Crippen molar-refractivity contribution in [3.05, 3.63) is 52.8 Å². The van der Waals surface area contributed by atoms with E-state index < -0.39 is 11.9 Å². The van der Waals surface area contributed by atoms with Gasteiger partial charge in [0.25, 0.3) is 5.91 Å². The lowest BCUT2D eigenvalue weighted by Crippen LogP contribution is -2.30. The minimum Gasteiger partial charge on any atom is -0.481 e. The highest BCUT2D eigenvalue weighted by Crippen LogP contribution is 2.27. The van der Waals surface area contributed by atoms with Gasteiger partial charge in [-0.15, -0.1) is 0 Å². The molecule has 25 heavy (non-hydrogen) atoms. The molecular weight excluding hydrogens is 316 g/mol. The zero-order valence-corrected chi connectivity index (χ0v) is 15.1. The molecule has 0 radical (unpaired) electrons. The Bertz CT molecular complexity index is 837. The highest BCUT2D eigenvalue weighted by atomic mass is 16.4. The summed E-state index contributed by atoms with van der Waals surface area (Å²) in [7, 11) is 0. The van der Waals surface area contributed by atoms with Gasteiger partial charge in [0.2, 0.25) is 0 Å². The Kier molecular flexibility index (Phi) is 4.41. The number of carboxylic acid groups (broad SMARTS) is 1. The third-order valence-corrected chi connectivity index (χ3v) is 5.14. The summed E-state index contributed by atoms with van der Waals surface area (Å²) in [5, 5.41) is 9.29. The molecule has 132 valence electrons. The van der Waals surface area contributed by atoms with Crippen molar-refractivity contribution < 1.29 is 14.7 Å². The van der Waals surface area contributed by atoms with E-state index in [0.717, 1.165) is 22.6 Å². The zero-order valence-electron chi connectivity index (χ0n) is 15.1. The van der Waals surface area contributed by atoms with E-state index >= 15 is 0 Å². The lowest BCUT2D eigenvalue weighted by atomic mass is 9.99. The molecule has 3 rings (SSSR count). The average Bonchev–Trinajstić information content (AvgIpc) is 3.07. The molecule has 1 N–H and O–H groups in total. The van der Waals surface area contributed by atoms with Crippen LogP contribution in [-0.4, -0.2) is 39.5 Å². The molecule has 2 atom stereocenters. The first-order valence-corrected chi connectivity index (χ1v) is 8.57. The van der Waals surface area contributed by atoms with Crippen molar-refractivity contribution in [3.63, 3.8) is 0 Å². The van der Waals surface area contributed by atoms with Crippen LogP contribution in [0.25, 0.3) is 5.69 Å². The van der Waals surface area contributed by atoms with Crippen LogP contribution in [0.5, 0.6) is 0 Å². The number of nitrogens with zero attached hydrogens (tertiary/aromatic N) is 2. The van der Waals surface area contributed by atoms with E-state index in [1.807, 2.05) is 52.0 Å². The van der Waals surface area contributed by atoms with Crippen LogP contribution in [0.1, 0.15) is 34.2 Å². The van der Waals surface area contributed by atoms with Crippen LogP contribution in [0.4, 0.5) is 0 Å². The Morgan fingerprint density at radius 1 is 1.12 bits per heavy atom. The van der Waals surface area contributed by atoms with Crippen molar-refractivity contribution in [3.8, 4) is 5.69 Å². The van der Waals surface area contributed by atoms with Crippen LogP contribution in [0, 0.1) is 32.6 Å². The van der Waals surface area contributed by atoms with Gasteiger partial charge in [-0.1, -0.05) is 19.1 Å². The number of likely N-dealkylation sites (tertiary alicyclic amines) is 1. The second-order valence-corrected chi connectivity index (χ2v) is 7.09. The molecule has 1 amide bonds. The van der Waals surface area contributed by atoms with Crippen molar-refractivity contribution in [2.75, 3.05) is 13.1 Å². The summed E-state index contributed by atoms with van der Waals surface area (Å²) >= 11 is 0. The smallest absolute Gasteiger partial charge is 0.308 e. The number of carboxylic acids is 1. The van der Waals surface area contributed by atoms with Crippen LogP contribution in [-0.2, 0) is 4.79 Å². The summed E-state index contributed by atoms with van der Waals surface area (Å²) < 4.78 is 2.08. The minimum atomic E-state index is -0.826. The first-order valence-electron chi connectivity index (χ1n) is 8.57. The maximum Gasteiger partial charge on any atom is 0.308 e. The number of hydrogen-bond acceptors (Lipinski definition) is 2. The summed E-state index contributed by atoms with van der Waals surface area (Å²) in [4.78, 5) is 26.0. The van der Waals surface area contributed by atoms with Crippen molar-refractivity contribution in [2.24, 2.45) is 11.8 Å². The number of aromatic nitrogens is 1. The van der Waals surface area contributed by atoms with Gasteiger partial charge in [0, 0.05) is 30.2 Å². The second kappa shape index (κ2) is 6.39. The van der Waals surface area contributed by atoms with Crippen LogP contribution in [0.3, 0.4) is 0 Å². The summed E-state index contributed by atoms with van der Waals surface area (Å²) in [6.07, 6.45) is 0. The van der Waals surface area contributed by atoms with Gasteiger partial charge in [-0.2, -0.15) is 0 Å². The highest BCUT2D eigenvalue weighted by molar-refractivity contribution is 5.96. The van der Waals surface area contributed by atoms with E-state index in [4.69, 9.17) is 0 Å². The van der Waals surface area contributed by atoms with E-state index in [0.29, 0.717) is 12.1 Å². The lowest BCUT2D eigenvalue weighted by Gasteiger charge is -2.16. The van der Waals surface area contributed by atoms with Crippen LogP contribution in [0.2, 0.25) is 0 Å². The molecule has 1 saturated heterocycles. The Balaban J connectivity index is 1.93. The van der Waals surface area contributed by atoms with E-state index in [9.17, 15) is 14.7 Å². The van der Waals surface area contributed by atoms with Crippen LogP contribution < -0.4 is 0 Å². The number of amides is 1. The molecule has 1 aromatic heterocycles. The fraction of sp³-hybridized carbons (Fsp3) is 0.400. The molecule has 0 unspecified atom stereocenters. The first kappa shape index (κ1) is 17.3. The molecule has 1 aliphatic heterocycles. The van der Waals surface area contributed by atoms with Gasteiger partial charge in [0.05, 0.1) is 11.5 Å². The first-order chi connectivity index (χ1) is 11.8. The number of carbonyl (C=O) groups excluding carboxylic acids is 1. The third-order valence-electron chi connectivity index (χ3n) is 5.14. The number of aryl methyl sites for hydroxylation is 2. The fourth-order valence-electron chi connectivity index (χ4n) is 3.77. The maximum atomic E-state index is 13.0. The van der Waals surface area contributed by atoms with Crippen molar-refractivity contribution >= 4 is 11.9 Å². The van der Waals surface area contributed by atoms with Gasteiger partial charge < -0.3 is 14.6 Å². The molecule has 1 aliphatic rings. The van der Waals surface area contributed by atoms with Crippen molar-refractivity contribution in [2.45, 2.75) is 27.7 Å². The summed E-state index contributed by atoms with van der Waals surface area (Å²) in [6, 6.07) is 10.1. The van der Waals surface area contributed by atoms with Gasteiger partial charge >= 0.3 is 5.97 Å². The maximum absolute atomic E-state index is 13.0. The topological polar surface area (TPSA) is 62.5 Å². The number of hydrogen-bond donors (Lipinski definition) is 1. The Morgan fingerprint density at radius 2 is 1.84 bits per heavy atom. The molecular formula is C20H24N2O3. The molecule has 0 saturated carbocycles. The number of carbonyl (C=O) groups is 2. The SMILES string of the molecule is Cc1cccc(-n2c(C)cc(C(=O)N3C[C@@H](C)[C@H](C(=O)O)C3)c2C)c1. The minimum absolute atomic E-state index is 0.0262. The predicted octanol–water partition coefficient (Wildman–Crippen LogP) is 3.20. The van der Waals surface area contributed by atoms with Crippen molar-refractivity contribution in [1.82, 2.24) is 9.47 Å². The molecule has 2 aromatic rings. The summed E-state index contributed by atoms with van der Waals surface area (Å²) in [6.45, 7) is 8.63. The molecule has 0 spiro atoms. The van der Waals surface area contributed by atoms with Gasteiger partial charge in [-0.3, -0.25) is 9.59 Å². The molecule has 0 bridgehead atoms. The van der Waals surface area contributed by atoms with Crippen LogP contribution in [0.15, 0.2) is 30.3 Å². The highest BCUT2D eigenvalue weighted by Gasteiger charge is 2.37. The van der Waals surface area contributed by atoms with Crippen molar-refractivity contribution in [1.29, 1.82) is 0 Å². The van der Waals surface area contributed by atoms with Gasteiger partial charge in [-0.05, 0) is 50.5 Å². The third kappa shape index (κ3) is 3.06. The second-order valence-electron chi connectivity index (χ2n) is 7.09. The normalized spacial score (nSPS) is 20.1. The number of rotatable bonds is 3. The predicted molar refractivity (Wildman–Crippen MR) is 96.2 cm³/mol. The molecule has 1 fully saturated rings. The van der Waals surface area contributed by atoms with Gasteiger partial charge in [0.15, 0.2) is 0 Å². The Morgan fingerprint density at radius 3 is 2.44 bits per heavy atom. The standard InChI is InChI=1S/C20H24N2O3/c1-12-6-5-7-16(8-12)22-14(3)9-17(15(22)4)19(23)21-10-13(2)18(11-21)20(24)25/h5-9,13,18H,10-11H2,1-4H3,(H,24,25)/t13-,18-/m1/s1. The van der Waals surface area contributed by atoms with Gasteiger partial charge in [-0.25, -0.2) is 0 Å². The Labute approximate surface area is 147 Å². The monoisotopic (exact) mass is 340 g/mol. The molecule has 5 nitrogen and oxygen atoms in total. The molecule has 2 heterocycles. The van der Waals surface area contributed by atoms with E-state index in [2.05, 4.69) is 10.6 Å². The largest absolute Gasteiger partial charge is 0.481 e.